The Morgan fingerprint density at radius 2 is 2.00 bits per heavy atom. The van der Waals surface area contributed by atoms with Crippen molar-refractivity contribution >= 4 is 22.7 Å². The molecule has 6 heteroatoms. The number of aromatic nitrogens is 1. The highest BCUT2D eigenvalue weighted by molar-refractivity contribution is 7.15. The van der Waals surface area contributed by atoms with Crippen molar-refractivity contribution in [3.8, 4) is 22.8 Å². The van der Waals surface area contributed by atoms with Gasteiger partial charge < -0.3 is 9.84 Å². The van der Waals surface area contributed by atoms with Crippen LogP contribution in [0.25, 0.3) is 11.3 Å². The molecule has 0 fully saturated rings. The minimum atomic E-state index is 0.0814. The molecule has 122 valence electrons. The standard InChI is InChI=1S/C18H17N3O2S/c1-12-17(14-6-4-3-5-7-14)20-18(24-12)21-19-11-13-8-9-16(23-2)15(22)10-13/h3-11,22H,1-2H3,(H,20,21)/b19-11+. The van der Waals surface area contributed by atoms with E-state index < -0.39 is 0 Å². The molecule has 0 aliphatic heterocycles. The van der Waals surface area contributed by atoms with Crippen molar-refractivity contribution in [1.29, 1.82) is 0 Å². The van der Waals surface area contributed by atoms with Gasteiger partial charge in [-0.2, -0.15) is 5.10 Å². The average Bonchev–Trinajstić information content (AvgIpc) is 2.96. The smallest absolute Gasteiger partial charge is 0.204 e. The molecule has 0 aliphatic carbocycles. The zero-order chi connectivity index (χ0) is 16.9. The molecule has 3 aromatic rings. The SMILES string of the molecule is COc1ccc(/C=N/Nc2nc(-c3ccccc3)c(C)s2)cc1O. The quantitative estimate of drug-likeness (QED) is 0.538. The Labute approximate surface area is 144 Å². The molecule has 0 aliphatic rings. The van der Waals surface area contributed by atoms with Crippen molar-refractivity contribution in [1.82, 2.24) is 4.98 Å². The minimum Gasteiger partial charge on any atom is -0.504 e. The number of phenols is 1. The first-order valence-corrected chi connectivity index (χ1v) is 8.18. The second kappa shape index (κ2) is 7.14. The third-order valence-electron chi connectivity index (χ3n) is 3.42. The highest BCUT2D eigenvalue weighted by Crippen LogP contribution is 2.30. The van der Waals surface area contributed by atoms with Gasteiger partial charge in [0.15, 0.2) is 11.5 Å². The van der Waals surface area contributed by atoms with E-state index in [9.17, 15) is 5.11 Å². The van der Waals surface area contributed by atoms with E-state index in [1.807, 2.05) is 43.3 Å². The zero-order valence-corrected chi connectivity index (χ0v) is 14.2. The van der Waals surface area contributed by atoms with Crippen LogP contribution in [0, 0.1) is 6.92 Å². The molecular formula is C18H17N3O2S. The van der Waals surface area contributed by atoms with Crippen LogP contribution in [0.3, 0.4) is 0 Å². The van der Waals surface area contributed by atoms with E-state index in [1.165, 1.54) is 7.11 Å². The zero-order valence-electron chi connectivity index (χ0n) is 13.4. The van der Waals surface area contributed by atoms with Crippen LogP contribution in [0.4, 0.5) is 5.13 Å². The summed E-state index contributed by atoms with van der Waals surface area (Å²) in [7, 11) is 1.51. The predicted octanol–water partition coefficient (Wildman–Crippen LogP) is 4.28. The van der Waals surface area contributed by atoms with Crippen LogP contribution in [0.5, 0.6) is 11.5 Å². The molecule has 0 bridgehead atoms. The van der Waals surface area contributed by atoms with Crippen molar-refractivity contribution in [2.45, 2.75) is 6.92 Å². The van der Waals surface area contributed by atoms with Gasteiger partial charge in [0.2, 0.25) is 5.13 Å². The van der Waals surface area contributed by atoms with Gasteiger partial charge in [-0.05, 0) is 30.7 Å². The van der Waals surface area contributed by atoms with Crippen molar-refractivity contribution < 1.29 is 9.84 Å². The Kier molecular flexibility index (Phi) is 4.77. The molecule has 0 atom stereocenters. The van der Waals surface area contributed by atoms with Gasteiger partial charge in [-0.3, -0.25) is 5.43 Å². The predicted molar refractivity (Wildman–Crippen MR) is 98.2 cm³/mol. The second-order valence-corrected chi connectivity index (χ2v) is 6.29. The minimum absolute atomic E-state index is 0.0814. The number of anilines is 1. The van der Waals surface area contributed by atoms with Crippen molar-refractivity contribution in [3.63, 3.8) is 0 Å². The van der Waals surface area contributed by atoms with Gasteiger partial charge in [0.05, 0.1) is 19.0 Å². The van der Waals surface area contributed by atoms with Crippen molar-refractivity contribution in [2.24, 2.45) is 5.10 Å². The highest BCUT2D eigenvalue weighted by atomic mass is 32.1. The molecule has 0 unspecified atom stereocenters. The molecule has 0 saturated heterocycles. The van der Waals surface area contributed by atoms with Crippen LogP contribution in [0.15, 0.2) is 53.6 Å². The number of ether oxygens (including phenoxy) is 1. The molecule has 0 amide bonds. The summed E-state index contributed by atoms with van der Waals surface area (Å²) in [6.45, 7) is 2.04. The molecule has 0 saturated carbocycles. The average molecular weight is 339 g/mol. The molecule has 0 spiro atoms. The Morgan fingerprint density at radius 3 is 2.71 bits per heavy atom. The van der Waals surface area contributed by atoms with Gasteiger partial charge in [-0.15, -0.1) is 11.3 Å². The van der Waals surface area contributed by atoms with Crippen LogP contribution in [0.1, 0.15) is 10.4 Å². The topological polar surface area (TPSA) is 66.7 Å². The van der Waals surface area contributed by atoms with Gasteiger partial charge >= 0.3 is 0 Å². The van der Waals surface area contributed by atoms with Crippen LogP contribution in [-0.2, 0) is 0 Å². The summed E-state index contributed by atoms with van der Waals surface area (Å²) in [6.07, 6.45) is 1.62. The number of hydrazone groups is 1. The number of benzene rings is 2. The summed E-state index contributed by atoms with van der Waals surface area (Å²) in [4.78, 5) is 5.71. The third-order valence-corrected chi connectivity index (χ3v) is 4.30. The van der Waals surface area contributed by atoms with E-state index in [0.29, 0.717) is 5.75 Å². The van der Waals surface area contributed by atoms with E-state index in [2.05, 4.69) is 15.5 Å². The van der Waals surface area contributed by atoms with Crippen LogP contribution < -0.4 is 10.2 Å². The Bertz CT molecular complexity index is 860. The van der Waals surface area contributed by atoms with E-state index in [0.717, 1.165) is 26.8 Å². The fraction of sp³-hybridized carbons (Fsp3) is 0.111. The first-order valence-electron chi connectivity index (χ1n) is 7.36. The molecule has 2 N–H and O–H groups in total. The van der Waals surface area contributed by atoms with Crippen LogP contribution in [0.2, 0.25) is 0 Å². The monoisotopic (exact) mass is 339 g/mol. The Morgan fingerprint density at radius 1 is 1.21 bits per heavy atom. The number of phenolic OH excluding ortho intramolecular Hbond substituents is 1. The van der Waals surface area contributed by atoms with Gasteiger partial charge in [0.1, 0.15) is 0 Å². The fourth-order valence-corrected chi connectivity index (χ4v) is 3.04. The lowest BCUT2D eigenvalue weighted by atomic mass is 10.1. The molecular weight excluding hydrogens is 322 g/mol. The molecule has 1 heterocycles. The molecule has 0 radical (unpaired) electrons. The largest absolute Gasteiger partial charge is 0.504 e. The lowest BCUT2D eigenvalue weighted by Gasteiger charge is -2.02. The highest BCUT2D eigenvalue weighted by Gasteiger charge is 2.08. The van der Waals surface area contributed by atoms with Crippen molar-refractivity contribution in [2.75, 3.05) is 12.5 Å². The number of thiazole rings is 1. The number of nitrogens with zero attached hydrogens (tertiary/aromatic N) is 2. The summed E-state index contributed by atoms with van der Waals surface area (Å²) < 4.78 is 5.01. The van der Waals surface area contributed by atoms with Gasteiger partial charge in [-0.25, -0.2) is 4.98 Å². The van der Waals surface area contributed by atoms with Crippen LogP contribution in [-0.4, -0.2) is 23.4 Å². The maximum Gasteiger partial charge on any atom is 0.204 e. The van der Waals surface area contributed by atoms with Gasteiger partial charge in [0.25, 0.3) is 0 Å². The molecule has 2 aromatic carbocycles. The lowest BCUT2D eigenvalue weighted by molar-refractivity contribution is 0.373. The normalized spacial score (nSPS) is 10.9. The maximum absolute atomic E-state index is 9.76. The number of aryl methyl sites for hydroxylation is 1. The maximum atomic E-state index is 9.76. The summed E-state index contributed by atoms with van der Waals surface area (Å²) in [5.41, 5.74) is 5.74. The van der Waals surface area contributed by atoms with Crippen LogP contribution >= 0.6 is 11.3 Å². The molecule has 5 nitrogen and oxygen atoms in total. The summed E-state index contributed by atoms with van der Waals surface area (Å²) in [5.74, 6) is 0.515. The van der Waals surface area contributed by atoms with Gasteiger partial charge in [0, 0.05) is 10.4 Å². The third kappa shape index (κ3) is 3.55. The first-order chi connectivity index (χ1) is 11.7. The number of hydrogen-bond acceptors (Lipinski definition) is 6. The van der Waals surface area contributed by atoms with E-state index in [4.69, 9.17) is 4.74 Å². The second-order valence-electron chi connectivity index (χ2n) is 5.09. The number of nitrogens with one attached hydrogen (secondary N) is 1. The molecule has 1 aromatic heterocycles. The van der Waals surface area contributed by atoms with E-state index in [1.54, 1.807) is 29.7 Å². The molecule has 3 rings (SSSR count). The van der Waals surface area contributed by atoms with Crippen molar-refractivity contribution in [3.05, 3.63) is 59.0 Å². The summed E-state index contributed by atoms with van der Waals surface area (Å²) >= 11 is 1.55. The van der Waals surface area contributed by atoms with E-state index in [-0.39, 0.29) is 5.75 Å². The number of hydrogen-bond donors (Lipinski definition) is 2. The molecule has 24 heavy (non-hydrogen) atoms. The lowest BCUT2D eigenvalue weighted by Crippen LogP contribution is -1.91. The van der Waals surface area contributed by atoms with Gasteiger partial charge in [-0.1, -0.05) is 30.3 Å². The van der Waals surface area contributed by atoms with E-state index >= 15 is 0 Å². The Hall–Kier alpha value is -2.86. The number of rotatable bonds is 5. The first kappa shape index (κ1) is 16.0. The summed E-state index contributed by atoms with van der Waals surface area (Å²) in [6, 6.07) is 15.1. The number of methoxy groups -OCH3 is 1. The number of aromatic hydroxyl groups is 1. The Balaban J connectivity index is 1.72. The fourth-order valence-electron chi connectivity index (χ4n) is 2.26. The summed E-state index contributed by atoms with van der Waals surface area (Å²) in [5, 5.41) is 14.7.